The molecule has 0 unspecified atom stereocenters. The van der Waals surface area contributed by atoms with Gasteiger partial charge in [0.2, 0.25) is 10.0 Å². The average molecular weight is 357 g/mol. The molecule has 8 nitrogen and oxygen atoms in total. The van der Waals surface area contributed by atoms with Crippen LogP contribution in [0.1, 0.15) is 6.92 Å². The number of piperazine rings is 1. The van der Waals surface area contributed by atoms with Gasteiger partial charge in [0.25, 0.3) is 0 Å². The SMILES string of the molecule is CCNC(=O)N1CCN(S(=O)(=O)c2ccc(OC)c(OC)c2)CC1. The summed E-state index contributed by atoms with van der Waals surface area (Å²) in [5, 5.41) is 2.72. The summed E-state index contributed by atoms with van der Waals surface area (Å²) in [5.74, 6) is 0.831. The zero-order chi connectivity index (χ0) is 17.7. The van der Waals surface area contributed by atoms with Crippen LogP contribution in [-0.4, -0.2) is 70.6 Å². The van der Waals surface area contributed by atoms with Gasteiger partial charge in [-0.3, -0.25) is 0 Å². The monoisotopic (exact) mass is 357 g/mol. The summed E-state index contributed by atoms with van der Waals surface area (Å²) < 4.78 is 37.2. The minimum Gasteiger partial charge on any atom is -0.493 e. The highest BCUT2D eigenvalue weighted by Gasteiger charge is 2.30. The molecule has 0 radical (unpaired) electrons. The van der Waals surface area contributed by atoms with E-state index in [1.54, 1.807) is 11.0 Å². The molecular formula is C15H23N3O5S. The summed E-state index contributed by atoms with van der Waals surface area (Å²) in [6.45, 7) is 3.62. The van der Waals surface area contributed by atoms with E-state index in [0.717, 1.165) is 0 Å². The van der Waals surface area contributed by atoms with Crippen LogP contribution in [0.5, 0.6) is 11.5 Å². The van der Waals surface area contributed by atoms with Gasteiger partial charge in [-0.15, -0.1) is 0 Å². The molecule has 1 aromatic carbocycles. The third-order valence-corrected chi connectivity index (χ3v) is 5.74. The van der Waals surface area contributed by atoms with Crippen molar-refractivity contribution in [2.24, 2.45) is 0 Å². The Labute approximate surface area is 142 Å². The van der Waals surface area contributed by atoms with Crippen molar-refractivity contribution in [3.8, 4) is 11.5 Å². The number of hydrogen-bond acceptors (Lipinski definition) is 5. The molecule has 2 amide bonds. The number of carbonyl (C=O) groups is 1. The molecule has 1 aromatic rings. The molecule has 0 spiro atoms. The van der Waals surface area contributed by atoms with Crippen molar-refractivity contribution in [1.29, 1.82) is 0 Å². The van der Waals surface area contributed by atoms with Crippen molar-refractivity contribution in [1.82, 2.24) is 14.5 Å². The molecule has 0 aromatic heterocycles. The molecule has 1 aliphatic heterocycles. The van der Waals surface area contributed by atoms with E-state index in [1.807, 2.05) is 6.92 Å². The number of ether oxygens (including phenoxy) is 2. The predicted octanol–water partition coefficient (Wildman–Crippen LogP) is 0.740. The van der Waals surface area contributed by atoms with E-state index in [4.69, 9.17) is 9.47 Å². The molecule has 0 atom stereocenters. The first-order valence-corrected chi connectivity index (χ1v) is 9.13. The Hall–Kier alpha value is -2.00. The molecule has 0 bridgehead atoms. The van der Waals surface area contributed by atoms with Crippen LogP contribution >= 0.6 is 0 Å². The maximum Gasteiger partial charge on any atom is 0.317 e. The summed E-state index contributed by atoms with van der Waals surface area (Å²) in [6, 6.07) is 4.34. The molecular weight excluding hydrogens is 334 g/mol. The van der Waals surface area contributed by atoms with E-state index in [9.17, 15) is 13.2 Å². The molecule has 2 rings (SSSR count). The van der Waals surface area contributed by atoms with Gasteiger partial charge in [-0.25, -0.2) is 13.2 Å². The second kappa shape index (κ2) is 7.71. The van der Waals surface area contributed by atoms with Crippen molar-refractivity contribution >= 4 is 16.1 Å². The number of carbonyl (C=O) groups excluding carboxylic acids is 1. The Bertz CT molecular complexity index is 684. The van der Waals surface area contributed by atoms with E-state index in [0.29, 0.717) is 31.1 Å². The molecule has 1 saturated heterocycles. The number of amides is 2. The van der Waals surface area contributed by atoms with E-state index >= 15 is 0 Å². The van der Waals surface area contributed by atoms with Crippen LogP contribution in [0.15, 0.2) is 23.1 Å². The van der Waals surface area contributed by atoms with E-state index in [-0.39, 0.29) is 24.0 Å². The second-order valence-electron chi connectivity index (χ2n) is 5.24. The van der Waals surface area contributed by atoms with Gasteiger partial charge in [-0.05, 0) is 19.1 Å². The van der Waals surface area contributed by atoms with Crippen LogP contribution in [0.3, 0.4) is 0 Å². The van der Waals surface area contributed by atoms with Crippen LogP contribution in [0.4, 0.5) is 4.79 Å². The molecule has 134 valence electrons. The lowest BCUT2D eigenvalue weighted by Crippen LogP contribution is -2.53. The Kier molecular flexibility index (Phi) is 5.89. The number of methoxy groups -OCH3 is 2. The third kappa shape index (κ3) is 3.73. The van der Waals surface area contributed by atoms with Gasteiger partial charge in [-0.2, -0.15) is 4.31 Å². The highest BCUT2D eigenvalue weighted by molar-refractivity contribution is 7.89. The van der Waals surface area contributed by atoms with Gasteiger partial charge in [-0.1, -0.05) is 0 Å². The zero-order valence-corrected chi connectivity index (χ0v) is 14.9. The van der Waals surface area contributed by atoms with Crippen LogP contribution < -0.4 is 14.8 Å². The number of nitrogens with zero attached hydrogens (tertiary/aromatic N) is 2. The lowest BCUT2D eigenvalue weighted by molar-refractivity contribution is 0.173. The molecule has 9 heteroatoms. The summed E-state index contributed by atoms with van der Waals surface area (Å²) in [4.78, 5) is 13.6. The number of nitrogens with one attached hydrogen (secondary N) is 1. The Morgan fingerprint density at radius 2 is 1.75 bits per heavy atom. The van der Waals surface area contributed by atoms with E-state index in [1.165, 1.54) is 30.7 Å². The summed E-state index contributed by atoms with van der Waals surface area (Å²) >= 11 is 0. The zero-order valence-electron chi connectivity index (χ0n) is 14.1. The smallest absolute Gasteiger partial charge is 0.317 e. The number of sulfonamides is 1. The fraction of sp³-hybridized carbons (Fsp3) is 0.533. The molecule has 1 N–H and O–H groups in total. The lowest BCUT2D eigenvalue weighted by atomic mass is 10.3. The minimum absolute atomic E-state index is 0.145. The molecule has 1 fully saturated rings. The largest absolute Gasteiger partial charge is 0.493 e. The van der Waals surface area contributed by atoms with Crippen LogP contribution in [0.2, 0.25) is 0 Å². The number of rotatable bonds is 5. The Balaban J connectivity index is 2.13. The molecule has 0 saturated carbocycles. The summed E-state index contributed by atoms with van der Waals surface area (Å²) in [5.41, 5.74) is 0. The average Bonchev–Trinajstić information content (AvgIpc) is 2.61. The Morgan fingerprint density at radius 3 is 2.29 bits per heavy atom. The van der Waals surface area contributed by atoms with E-state index < -0.39 is 10.0 Å². The third-order valence-electron chi connectivity index (χ3n) is 3.85. The van der Waals surface area contributed by atoms with Crippen LogP contribution in [0.25, 0.3) is 0 Å². The van der Waals surface area contributed by atoms with Gasteiger partial charge < -0.3 is 19.7 Å². The first-order valence-electron chi connectivity index (χ1n) is 7.69. The molecule has 1 heterocycles. The highest BCUT2D eigenvalue weighted by Crippen LogP contribution is 2.30. The highest BCUT2D eigenvalue weighted by atomic mass is 32.2. The topological polar surface area (TPSA) is 88.2 Å². The van der Waals surface area contributed by atoms with E-state index in [2.05, 4.69) is 5.32 Å². The fourth-order valence-electron chi connectivity index (χ4n) is 2.52. The molecule has 1 aliphatic rings. The van der Waals surface area contributed by atoms with Crippen LogP contribution in [-0.2, 0) is 10.0 Å². The quantitative estimate of drug-likeness (QED) is 0.840. The first-order chi connectivity index (χ1) is 11.4. The van der Waals surface area contributed by atoms with Crippen molar-refractivity contribution < 1.29 is 22.7 Å². The normalized spacial score (nSPS) is 15.9. The Morgan fingerprint density at radius 1 is 1.12 bits per heavy atom. The fourth-order valence-corrected chi connectivity index (χ4v) is 3.96. The van der Waals surface area contributed by atoms with Crippen molar-refractivity contribution in [2.45, 2.75) is 11.8 Å². The standard InChI is InChI=1S/C15H23N3O5S/c1-4-16-15(19)17-7-9-18(10-8-17)24(20,21)12-5-6-13(22-2)14(11-12)23-3/h5-6,11H,4,7-10H2,1-3H3,(H,16,19). The molecule has 24 heavy (non-hydrogen) atoms. The first kappa shape index (κ1) is 18.3. The van der Waals surface area contributed by atoms with Gasteiger partial charge in [0.1, 0.15) is 0 Å². The van der Waals surface area contributed by atoms with Crippen molar-refractivity contribution in [2.75, 3.05) is 46.9 Å². The van der Waals surface area contributed by atoms with Crippen molar-refractivity contribution in [3.63, 3.8) is 0 Å². The lowest BCUT2D eigenvalue weighted by Gasteiger charge is -2.34. The predicted molar refractivity (Wildman–Crippen MR) is 89.0 cm³/mol. The maximum absolute atomic E-state index is 12.8. The van der Waals surface area contributed by atoms with Crippen molar-refractivity contribution in [3.05, 3.63) is 18.2 Å². The van der Waals surface area contributed by atoms with Gasteiger partial charge >= 0.3 is 6.03 Å². The number of benzene rings is 1. The summed E-state index contributed by atoms with van der Waals surface area (Å²) in [7, 11) is -0.691. The number of urea groups is 1. The minimum atomic E-state index is -3.64. The van der Waals surface area contributed by atoms with Crippen LogP contribution in [0, 0.1) is 0 Å². The summed E-state index contributed by atoms with van der Waals surface area (Å²) in [6.07, 6.45) is 0. The molecule has 0 aliphatic carbocycles. The second-order valence-corrected chi connectivity index (χ2v) is 7.18. The number of hydrogen-bond donors (Lipinski definition) is 1. The van der Waals surface area contributed by atoms with Gasteiger partial charge in [0, 0.05) is 38.8 Å². The van der Waals surface area contributed by atoms with Gasteiger partial charge in [0.15, 0.2) is 11.5 Å². The maximum atomic E-state index is 12.8. The van der Waals surface area contributed by atoms with Gasteiger partial charge in [0.05, 0.1) is 19.1 Å².